The van der Waals surface area contributed by atoms with Crippen molar-refractivity contribution in [1.82, 2.24) is 0 Å². The van der Waals surface area contributed by atoms with Crippen LogP contribution in [0, 0.1) is 6.92 Å². The Kier molecular flexibility index (Phi) is 4.10. The van der Waals surface area contributed by atoms with E-state index in [-0.39, 0.29) is 0 Å². The first-order chi connectivity index (χ1) is 9.06. The van der Waals surface area contributed by atoms with Crippen molar-refractivity contribution in [2.75, 3.05) is 5.32 Å². The molecule has 0 aromatic heterocycles. The maximum absolute atomic E-state index is 9.48. The molecule has 0 bridgehead atoms. The average molecular weight is 255 g/mol. The lowest BCUT2D eigenvalue weighted by Gasteiger charge is -2.10. The summed E-state index contributed by atoms with van der Waals surface area (Å²) in [5.41, 5.74) is 4.54. The normalized spacial score (nSPS) is 10.7. The van der Waals surface area contributed by atoms with Crippen molar-refractivity contribution < 1.29 is 5.11 Å². The molecule has 0 unspecified atom stereocenters. The van der Waals surface area contributed by atoms with Gasteiger partial charge in [0, 0.05) is 12.2 Å². The summed E-state index contributed by atoms with van der Waals surface area (Å²) in [6.45, 7) is 7.10. The van der Waals surface area contributed by atoms with Gasteiger partial charge in [0.25, 0.3) is 0 Å². The molecule has 0 aliphatic heterocycles. The van der Waals surface area contributed by atoms with Crippen LogP contribution in [0.25, 0.3) is 0 Å². The van der Waals surface area contributed by atoms with Crippen LogP contribution in [0.1, 0.15) is 36.5 Å². The Morgan fingerprint density at radius 3 is 2.32 bits per heavy atom. The smallest absolute Gasteiger partial charge is 0.118 e. The molecule has 2 nitrogen and oxygen atoms in total. The number of benzene rings is 2. The second-order valence-electron chi connectivity index (χ2n) is 5.25. The van der Waals surface area contributed by atoms with Gasteiger partial charge in [0.05, 0.1) is 0 Å². The highest BCUT2D eigenvalue weighted by atomic mass is 16.3. The summed E-state index contributed by atoms with van der Waals surface area (Å²) in [6, 6.07) is 14.3. The number of phenolic OH excluding ortho intramolecular Hbond substituents is 1. The summed E-state index contributed by atoms with van der Waals surface area (Å²) in [5.74, 6) is 0.911. The molecule has 0 aliphatic rings. The van der Waals surface area contributed by atoms with E-state index in [0.717, 1.165) is 17.8 Å². The zero-order valence-electron chi connectivity index (χ0n) is 11.8. The lowest BCUT2D eigenvalue weighted by Crippen LogP contribution is -2.00. The van der Waals surface area contributed by atoms with Gasteiger partial charge in [0.2, 0.25) is 0 Å². The summed E-state index contributed by atoms with van der Waals surface area (Å²) < 4.78 is 0. The molecule has 0 atom stereocenters. The number of hydrogen-bond acceptors (Lipinski definition) is 2. The number of anilines is 1. The lowest BCUT2D eigenvalue weighted by molar-refractivity contribution is 0.471. The molecule has 0 saturated heterocycles. The number of aryl methyl sites for hydroxylation is 1. The number of nitrogens with one attached hydrogen (secondary N) is 1. The van der Waals surface area contributed by atoms with Crippen molar-refractivity contribution in [3.05, 3.63) is 59.2 Å². The molecule has 2 aromatic rings. The van der Waals surface area contributed by atoms with Crippen LogP contribution >= 0.6 is 0 Å². The molecule has 2 rings (SSSR count). The van der Waals surface area contributed by atoms with Crippen molar-refractivity contribution in [2.24, 2.45) is 0 Å². The van der Waals surface area contributed by atoms with Gasteiger partial charge < -0.3 is 10.4 Å². The van der Waals surface area contributed by atoms with E-state index in [2.05, 4.69) is 43.4 Å². The molecule has 0 radical (unpaired) electrons. The first-order valence-corrected chi connectivity index (χ1v) is 6.68. The minimum Gasteiger partial charge on any atom is -0.508 e. The zero-order chi connectivity index (χ0) is 13.8. The summed E-state index contributed by atoms with van der Waals surface area (Å²) in [6.07, 6.45) is 0. The van der Waals surface area contributed by atoms with Crippen molar-refractivity contribution in [3.63, 3.8) is 0 Å². The summed E-state index contributed by atoms with van der Waals surface area (Å²) in [4.78, 5) is 0. The quantitative estimate of drug-likeness (QED) is 0.792. The third-order valence-electron chi connectivity index (χ3n) is 3.34. The fraction of sp³-hybridized carbons (Fsp3) is 0.294. The van der Waals surface area contributed by atoms with Crippen LogP contribution in [0.15, 0.2) is 42.5 Å². The average Bonchev–Trinajstić information content (AvgIpc) is 2.40. The Morgan fingerprint density at radius 1 is 1.05 bits per heavy atom. The third kappa shape index (κ3) is 3.50. The topological polar surface area (TPSA) is 32.3 Å². The van der Waals surface area contributed by atoms with Crippen LogP contribution in [0.2, 0.25) is 0 Å². The van der Waals surface area contributed by atoms with Gasteiger partial charge in [-0.1, -0.05) is 38.1 Å². The van der Waals surface area contributed by atoms with Gasteiger partial charge in [-0.05, 0) is 47.7 Å². The summed E-state index contributed by atoms with van der Waals surface area (Å²) in [5, 5.41) is 12.9. The maximum atomic E-state index is 9.48. The van der Waals surface area contributed by atoms with Crippen molar-refractivity contribution >= 4 is 5.69 Å². The molecule has 2 aromatic carbocycles. The van der Waals surface area contributed by atoms with E-state index in [0.29, 0.717) is 11.7 Å². The Morgan fingerprint density at radius 2 is 1.74 bits per heavy atom. The van der Waals surface area contributed by atoms with E-state index in [1.165, 1.54) is 11.1 Å². The van der Waals surface area contributed by atoms with Crippen molar-refractivity contribution in [3.8, 4) is 5.75 Å². The van der Waals surface area contributed by atoms with Crippen LogP contribution in [-0.2, 0) is 6.54 Å². The number of hydrogen-bond donors (Lipinski definition) is 2. The summed E-state index contributed by atoms with van der Waals surface area (Å²) >= 11 is 0. The first-order valence-electron chi connectivity index (χ1n) is 6.68. The minimum atomic E-state index is 0.340. The highest BCUT2D eigenvalue weighted by Crippen LogP contribution is 2.21. The van der Waals surface area contributed by atoms with Gasteiger partial charge >= 0.3 is 0 Å². The second kappa shape index (κ2) is 5.79. The maximum Gasteiger partial charge on any atom is 0.118 e. The van der Waals surface area contributed by atoms with Crippen LogP contribution in [-0.4, -0.2) is 5.11 Å². The van der Waals surface area contributed by atoms with Crippen LogP contribution in [0.5, 0.6) is 5.75 Å². The molecule has 0 aliphatic carbocycles. The molecule has 19 heavy (non-hydrogen) atoms. The fourth-order valence-corrected chi connectivity index (χ4v) is 1.99. The molecular formula is C17H21NO. The highest BCUT2D eigenvalue weighted by Gasteiger charge is 2.00. The molecule has 2 heteroatoms. The molecular weight excluding hydrogens is 234 g/mol. The number of aromatic hydroxyl groups is 1. The van der Waals surface area contributed by atoms with E-state index in [4.69, 9.17) is 0 Å². The molecule has 100 valence electrons. The van der Waals surface area contributed by atoms with E-state index in [9.17, 15) is 5.11 Å². The Bertz CT molecular complexity index is 544. The SMILES string of the molecule is Cc1cc(NCc2ccc(C(C)C)cc2)ccc1O. The first kappa shape index (κ1) is 13.5. The molecule has 0 amide bonds. The lowest BCUT2D eigenvalue weighted by atomic mass is 10.0. The van der Waals surface area contributed by atoms with Gasteiger partial charge in [-0.3, -0.25) is 0 Å². The van der Waals surface area contributed by atoms with E-state index >= 15 is 0 Å². The zero-order valence-corrected chi connectivity index (χ0v) is 11.8. The predicted molar refractivity (Wildman–Crippen MR) is 80.7 cm³/mol. The van der Waals surface area contributed by atoms with Gasteiger partial charge in [0.15, 0.2) is 0 Å². The standard InChI is InChI=1S/C17H21NO/c1-12(2)15-6-4-14(5-7-15)11-18-16-8-9-17(19)13(3)10-16/h4-10,12,18-19H,11H2,1-3H3. The van der Waals surface area contributed by atoms with Gasteiger partial charge in [-0.15, -0.1) is 0 Å². The molecule has 0 heterocycles. The molecule has 2 N–H and O–H groups in total. The number of phenols is 1. The van der Waals surface area contributed by atoms with Gasteiger partial charge in [-0.25, -0.2) is 0 Å². The van der Waals surface area contributed by atoms with E-state index in [1.807, 2.05) is 19.1 Å². The van der Waals surface area contributed by atoms with Crippen LogP contribution in [0.4, 0.5) is 5.69 Å². The Labute approximate surface area is 115 Å². The monoisotopic (exact) mass is 255 g/mol. The van der Waals surface area contributed by atoms with Crippen molar-refractivity contribution in [1.29, 1.82) is 0 Å². The van der Waals surface area contributed by atoms with Crippen molar-refractivity contribution in [2.45, 2.75) is 33.2 Å². The van der Waals surface area contributed by atoms with E-state index < -0.39 is 0 Å². The summed E-state index contributed by atoms with van der Waals surface area (Å²) in [7, 11) is 0. The van der Waals surface area contributed by atoms with Gasteiger partial charge in [-0.2, -0.15) is 0 Å². The number of rotatable bonds is 4. The Hall–Kier alpha value is -1.96. The Balaban J connectivity index is 2.00. The van der Waals surface area contributed by atoms with E-state index in [1.54, 1.807) is 6.07 Å². The van der Waals surface area contributed by atoms with Crippen LogP contribution in [0.3, 0.4) is 0 Å². The molecule has 0 spiro atoms. The minimum absolute atomic E-state index is 0.340. The second-order valence-corrected chi connectivity index (χ2v) is 5.25. The van der Waals surface area contributed by atoms with Crippen LogP contribution < -0.4 is 5.32 Å². The fourth-order valence-electron chi connectivity index (χ4n) is 1.99. The molecule has 0 fully saturated rings. The predicted octanol–water partition coefficient (Wildman–Crippen LogP) is 4.44. The third-order valence-corrected chi connectivity index (χ3v) is 3.34. The molecule has 0 saturated carbocycles. The van der Waals surface area contributed by atoms with Gasteiger partial charge in [0.1, 0.15) is 5.75 Å². The largest absolute Gasteiger partial charge is 0.508 e. The highest BCUT2D eigenvalue weighted by molar-refractivity contribution is 5.50.